The molecule has 0 spiro atoms. The summed E-state index contributed by atoms with van der Waals surface area (Å²) in [7, 11) is 0. The Balaban J connectivity index is 2.77. The third-order valence-electron chi connectivity index (χ3n) is 2.33. The van der Waals surface area contributed by atoms with E-state index in [4.69, 9.17) is 20.6 Å². The minimum Gasteiger partial charge on any atom is -0.490 e. The van der Waals surface area contributed by atoms with Crippen LogP contribution < -0.4 is 15.2 Å². The molecule has 0 bridgehead atoms. The fourth-order valence-corrected chi connectivity index (χ4v) is 1.38. The molecule has 0 amide bonds. The standard InChI is InChI=1S/C12H15F3N2O2/c1-2-18-9-5-3-4-6-10(9)19-7-8(11(16)17)12(13,14)15/h3-6,8H,2,7H2,1H3,(H3,16,17). The molecule has 1 atom stereocenters. The second-order valence-electron chi connectivity index (χ2n) is 3.74. The van der Waals surface area contributed by atoms with Crippen molar-refractivity contribution in [1.82, 2.24) is 0 Å². The molecule has 106 valence electrons. The molecule has 1 aromatic carbocycles. The summed E-state index contributed by atoms with van der Waals surface area (Å²) >= 11 is 0. The van der Waals surface area contributed by atoms with E-state index in [1.807, 2.05) is 0 Å². The minimum absolute atomic E-state index is 0.194. The van der Waals surface area contributed by atoms with Crippen molar-refractivity contribution in [3.63, 3.8) is 0 Å². The molecule has 0 aliphatic rings. The zero-order chi connectivity index (χ0) is 14.5. The van der Waals surface area contributed by atoms with Gasteiger partial charge in [0.25, 0.3) is 0 Å². The van der Waals surface area contributed by atoms with Gasteiger partial charge in [0.2, 0.25) is 0 Å². The van der Waals surface area contributed by atoms with Crippen LogP contribution in [0.15, 0.2) is 24.3 Å². The lowest BCUT2D eigenvalue weighted by Gasteiger charge is -2.20. The lowest BCUT2D eigenvalue weighted by molar-refractivity contribution is -0.162. The van der Waals surface area contributed by atoms with Crippen molar-refractivity contribution >= 4 is 5.84 Å². The summed E-state index contributed by atoms with van der Waals surface area (Å²) in [6, 6.07) is 6.39. The van der Waals surface area contributed by atoms with Crippen molar-refractivity contribution in [2.45, 2.75) is 13.1 Å². The lowest BCUT2D eigenvalue weighted by atomic mass is 10.1. The van der Waals surface area contributed by atoms with Gasteiger partial charge in [0.1, 0.15) is 18.4 Å². The van der Waals surface area contributed by atoms with Crippen LogP contribution in [0.1, 0.15) is 6.92 Å². The molecule has 0 saturated carbocycles. The third kappa shape index (κ3) is 4.35. The SMILES string of the molecule is CCOc1ccccc1OCC(C(=N)N)C(F)(F)F. The number of hydrogen-bond acceptors (Lipinski definition) is 3. The summed E-state index contributed by atoms with van der Waals surface area (Å²) in [6.45, 7) is 1.38. The van der Waals surface area contributed by atoms with Crippen molar-refractivity contribution in [3.05, 3.63) is 24.3 Å². The van der Waals surface area contributed by atoms with E-state index in [2.05, 4.69) is 0 Å². The maximum Gasteiger partial charge on any atom is 0.401 e. The number of rotatable bonds is 6. The van der Waals surface area contributed by atoms with Crippen molar-refractivity contribution in [3.8, 4) is 11.5 Å². The Labute approximate surface area is 108 Å². The van der Waals surface area contributed by atoms with Crippen LogP contribution in [-0.2, 0) is 0 Å². The average Bonchev–Trinajstić information content (AvgIpc) is 2.29. The van der Waals surface area contributed by atoms with E-state index in [1.54, 1.807) is 25.1 Å². The first-order valence-electron chi connectivity index (χ1n) is 5.61. The fraction of sp³-hybridized carbons (Fsp3) is 0.417. The van der Waals surface area contributed by atoms with Crippen LogP contribution in [0.3, 0.4) is 0 Å². The van der Waals surface area contributed by atoms with Gasteiger partial charge in [0.05, 0.1) is 6.61 Å². The molecule has 3 N–H and O–H groups in total. The van der Waals surface area contributed by atoms with Crippen molar-refractivity contribution in [2.75, 3.05) is 13.2 Å². The molecule has 0 radical (unpaired) electrons. The molecule has 4 nitrogen and oxygen atoms in total. The largest absolute Gasteiger partial charge is 0.490 e. The van der Waals surface area contributed by atoms with Crippen LogP contribution in [-0.4, -0.2) is 25.2 Å². The Morgan fingerprint density at radius 2 is 1.79 bits per heavy atom. The number of nitrogens with one attached hydrogen (secondary N) is 1. The quantitative estimate of drug-likeness (QED) is 0.620. The van der Waals surface area contributed by atoms with Crippen LogP contribution in [0.4, 0.5) is 13.2 Å². The summed E-state index contributed by atoms with van der Waals surface area (Å²) in [5, 5.41) is 6.95. The van der Waals surface area contributed by atoms with E-state index in [0.29, 0.717) is 12.4 Å². The lowest BCUT2D eigenvalue weighted by Crippen LogP contribution is -2.39. The summed E-state index contributed by atoms with van der Waals surface area (Å²) in [5.41, 5.74) is 4.94. The predicted octanol–water partition coefficient (Wildman–Crippen LogP) is 2.58. The number of ether oxygens (including phenoxy) is 2. The maximum atomic E-state index is 12.6. The number of alkyl halides is 3. The monoisotopic (exact) mass is 276 g/mol. The number of hydrogen-bond donors (Lipinski definition) is 2. The molecule has 0 aliphatic heterocycles. The van der Waals surface area contributed by atoms with E-state index in [1.165, 1.54) is 6.07 Å². The Kier molecular flexibility index (Phi) is 5.02. The smallest absolute Gasteiger partial charge is 0.401 e. The second-order valence-corrected chi connectivity index (χ2v) is 3.74. The van der Waals surface area contributed by atoms with Crippen LogP contribution in [0.2, 0.25) is 0 Å². The average molecular weight is 276 g/mol. The second kappa shape index (κ2) is 6.31. The van der Waals surface area contributed by atoms with Gasteiger partial charge >= 0.3 is 6.18 Å². The molecule has 1 unspecified atom stereocenters. The third-order valence-corrected chi connectivity index (χ3v) is 2.33. The highest BCUT2D eigenvalue weighted by Gasteiger charge is 2.42. The molecule has 1 aromatic rings. The molecule has 1 rings (SSSR count). The zero-order valence-corrected chi connectivity index (χ0v) is 10.3. The fourth-order valence-electron chi connectivity index (χ4n) is 1.38. The number of para-hydroxylation sites is 2. The van der Waals surface area contributed by atoms with Gasteiger partial charge in [-0.05, 0) is 19.1 Å². The normalized spacial score (nSPS) is 12.8. The van der Waals surface area contributed by atoms with Crippen molar-refractivity contribution in [1.29, 1.82) is 5.41 Å². The molecule has 0 aromatic heterocycles. The van der Waals surface area contributed by atoms with Gasteiger partial charge in [-0.1, -0.05) is 12.1 Å². The van der Waals surface area contributed by atoms with Crippen LogP contribution >= 0.6 is 0 Å². The number of nitrogens with two attached hydrogens (primary N) is 1. The highest BCUT2D eigenvalue weighted by molar-refractivity contribution is 5.80. The van der Waals surface area contributed by atoms with Crippen LogP contribution in [0, 0.1) is 11.3 Å². The van der Waals surface area contributed by atoms with Gasteiger partial charge < -0.3 is 15.2 Å². The minimum atomic E-state index is -4.60. The zero-order valence-electron chi connectivity index (χ0n) is 10.3. The van der Waals surface area contributed by atoms with E-state index >= 15 is 0 Å². The van der Waals surface area contributed by atoms with Crippen LogP contribution in [0.5, 0.6) is 11.5 Å². The predicted molar refractivity (Wildman–Crippen MR) is 64.6 cm³/mol. The summed E-state index contributed by atoms with van der Waals surface area (Å²) < 4.78 is 48.1. The first-order chi connectivity index (χ1) is 8.86. The topological polar surface area (TPSA) is 68.3 Å². The Morgan fingerprint density at radius 1 is 1.26 bits per heavy atom. The van der Waals surface area contributed by atoms with Gasteiger partial charge in [-0.2, -0.15) is 13.2 Å². The highest BCUT2D eigenvalue weighted by Crippen LogP contribution is 2.30. The Morgan fingerprint density at radius 3 is 2.21 bits per heavy atom. The molecule has 19 heavy (non-hydrogen) atoms. The van der Waals surface area contributed by atoms with E-state index in [0.717, 1.165) is 0 Å². The van der Waals surface area contributed by atoms with Gasteiger partial charge in [0.15, 0.2) is 11.5 Å². The molecule has 0 heterocycles. The molecule has 7 heteroatoms. The number of benzene rings is 1. The van der Waals surface area contributed by atoms with Crippen molar-refractivity contribution < 1.29 is 22.6 Å². The molecule has 0 saturated heterocycles. The Hall–Kier alpha value is -1.92. The number of amidine groups is 1. The maximum absolute atomic E-state index is 12.6. The van der Waals surface area contributed by atoms with Crippen molar-refractivity contribution in [2.24, 2.45) is 11.7 Å². The van der Waals surface area contributed by atoms with E-state index in [-0.39, 0.29) is 5.75 Å². The molecular weight excluding hydrogens is 261 g/mol. The summed E-state index contributed by atoms with van der Waals surface area (Å²) in [5.74, 6) is -2.54. The molecule has 0 aliphatic carbocycles. The first-order valence-corrected chi connectivity index (χ1v) is 5.61. The summed E-state index contributed by atoms with van der Waals surface area (Å²) in [6.07, 6.45) is -4.60. The molecule has 0 fully saturated rings. The van der Waals surface area contributed by atoms with Gasteiger partial charge in [0, 0.05) is 0 Å². The summed E-state index contributed by atoms with van der Waals surface area (Å²) in [4.78, 5) is 0. The van der Waals surface area contributed by atoms with Gasteiger partial charge in [-0.15, -0.1) is 0 Å². The van der Waals surface area contributed by atoms with Gasteiger partial charge in [-0.25, -0.2) is 0 Å². The van der Waals surface area contributed by atoms with E-state index < -0.39 is 24.5 Å². The van der Waals surface area contributed by atoms with Crippen LogP contribution in [0.25, 0.3) is 0 Å². The number of halogens is 3. The highest BCUT2D eigenvalue weighted by atomic mass is 19.4. The first kappa shape index (κ1) is 15.1. The van der Waals surface area contributed by atoms with Gasteiger partial charge in [-0.3, -0.25) is 5.41 Å². The Bertz CT molecular complexity index is 435. The van der Waals surface area contributed by atoms with E-state index in [9.17, 15) is 13.2 Å². The molecular formula is C12H15F3N2O2.